The second-order valence-corrected chi connectivity index (χ2v) is 9.91. The van der Waals surface area contributed by atoms with E-state index < -0.39 is 6.10 Å². The molecule has 2 atom stereocenters. The molecular weight excluding hydrogens is 512 g/mol. The minimum absolute atomic E-state index is 0.00197. The summed E-state index contributed by atoms with van der Waals surface area (Å²) < 4.78 is 23.6. The molecule has 0 radical (unpaired) electrons. The smallest absolute Gasteiger partial charge is 0.209 e. The van der Waals surface area contributed by atoms with Crippen molar-refractivity contribution in [2.45, 2.75) is 32.1 Å². The molecule has 6 heteroatoms. The molecular formula is C35H34N2O4. The lowest BCUT2D eigenvalue weighted by atomic mass is 9.92. The van der Waals surface area contributed by atoms with Crippen molar-refractivity contribution in [2.24, 2.45) is 0 Å². The third-order valence-electron chi connectivity index (χ3n) is 7.24. The normalized spacial score (nSPS) is 15.0. The third-order valence-corrected chi connectivity index (χ3v) is 7.24. The Morgan fingerprint density at radius 3 is 2.32 bits per heavy atom. The summed E-state index contributed by atoms with van der Waals surface area (Å²) in [5.74, 6) is 2.57. The molecule has 2 unspecified atom stereocenters. The number of fused-ring (bicyclic) bond motifs is 1. The lowest BCUT2D eigenvalue weighted by Crippen LogP contribution is -2.28. The van der Waals surface area contributed by atoms with Gasteiger partial charge >= 0.3 is 0 Å². The number of rotatable bonds is 10. The lowest BCUT2D eigenvalue weighted by molar-refractivity contribution is 0.247. The predicted octanol–water partition coefficient (Wildman–Crippen LogP) is 7.14. The van der Waals surface area contributed by atoms with Crippen LogP contribution in [0.3, 0.4) is 0 Å². The van der Waals surface area contributed by atoms with Crippen LogP contribution in [-0.2, 0) is 13.0 Å². The molecule has 1 aliphatic rings. The van der Waals surface area contributed by atoms with E-state index in [2.05, 4.69) is 47.8 Å². The summed E-state index contributed by atoms with van der Waals surface area (Å²) in [7, 11) is 3.28. The van der Waals surface area contributed by atoms with Gasteiger partial charge in [-0.25, -0.2) is 0 Å². The van der Waals surface area contributed by atoms with Gasteiger partial charge in [0.1, 0.15) is 12.7 Å². The fourth-order valence-corrected chi connectivity index (χ4v) is 5.01. The molecule has 4 aromatic rings. The van der Waals surface area contributed by atoms with E-state index in [1.54, 1.807) is 14.2 Å². The maximum Gasteiger partial charge on any atom is 0.209 e. The Bertz CT molecular complexity index is 1540. The van der Waals surface area contributed by atoms with E-state index >= 15 is 0 Å². The summed E-state index contributed by atoms with van der Waals surface area (Å²) in [6.07, 6.45) is 4.40. The highest BCUT2D eigenvalue weighted by molar-refractivity contribution is 5.61. The Labute approximate surface area is 241 Å². The third kappa shape index (κ3) is 6.54. The van der Waals surface area contributed by atoms with Crippen LogP contribution in [0.15, 0.2) is 91.0 Å². The molecule has 1 heterocycles. The fourth-order valence-electron chi connectivity index (χ4n) is 5.01. The predicted molar refractivity (Wildman–Crippen MR) is 160 cm³/mol. The van der Waals surface area contributed by atoms with Gasteiger partial charge in [0, 0.05) is 12.1 Å². The number of nitrogens with zero attached hydrogens (tertiary/aromatic N) is 1. The maximum atomic E-state index is 9.79. The minimum atomic E-state index is -0.748. The quantitative estimate of drug-likeness (QED) is 0.228. The van der Waals surface area contributed by atoms with Crippen molar-refractivity contribution in [2.75, 3.05) is 20.8 Å². The number of methoxy groups -OCH3 is 2. The van der Waals surface area contributed by atoms with Crippen LogP contribution in [-0.4, -0.2) is 20.8 Å². The van der Waals surface area contributed by atoms with Gasteiger partial charge in [0.05, 0.1) is 20.3 Å². The van der Waals surface area contributed by atoms with E-state index in [0.29, 0.717) is 23.9 Å². The molecule has 1 N–H and O–H groups in total. The number of aryl methyl sites for hydroxylation is 1. The van der Waals surface area contributed by atoms with E-state index in [9.17, 15) is 5.26 Å². The van der Waals surface area contributed by atoms with Crippen LogP contribution in [0.5, 0.6) is 23.0 Å². The minimum Gasteiger partial charge on any atom is -0.493 e. The van der Waals surface area contributed by atoms with Crippen LogP contribution in [0, 0.1) is 18.3 Å². The van der Waals surface area contributed by atoms with Crippen LogP contribution in [0.2, 0.25) is 0 Å². The van der Waals surface area contributed by atoms with Gasteiger partial charge in [-0.15, -0.1) is 0 Å². The average molecular weight is 547 g/mol. The van der Waals surface area contributed by atoms with E-state index in [1.165, 1.54) is 5.56 Å². The highest BCUT2D eigenvalue weighted by Crippen LogP contribution is 2.38. The number of benzene rings is 4. The standard InChI is InChI=1S/C35H34N2O4/c1-24-18-31(38-2)34(41-35(22-36)26-12-8-5-9-13-26)19-27(24)14-15-30-29-21-32(39-3)33(20-28(29)16-17-37-30)40-23-25-10-6-4-7-11-25/h4-15,18-21,30,35,37H,16-17,23H2,1-3H3/b15-14+. The molecule has 0 saturated carbocycles. The molecule has 0 aliphatic carbocycles. The van der Waals surface area contributed by atoms with Crippen molar-refractivity contribution in [3.05, 3.63) is 124 Å². The first-order valence-electron chi connectivity index (χ1n) is 13.7. The van der Waals surface area contributed by atoms with Crippen molar-refractivity contribution < 1.29 is 18.9 Å². The van der Waals surface area contributed by atoms with Crippen LogP contribution in [0.4, 0.5) is 0 Å². The van der Waals surface area contributed by atoms with Crippen LogP contribution in [0.25, 0.3) is 6.08 Å². The first-order chi connectivity index (χ1) is 20.1. The van der Waals surface area contributed by atoms with Gasteiger partial charge in [0.15, 0.2) is 23.0 Å². The summed E-state index contributed by atoms with van der Waals surface area (Å²) in [5.41, 5.74) is 6.31. The summed E-state index contributed by atoms with van der Waals surface area (Å²) in [6.45, 7) is 3.37. The van der Waals surface area contributed by atoms with Gasteiger partial charge in [-0.05, 0) is 65.4 Å². The molecule has 41 heavy (non-hydrogen) atoms. The van der Waals surface area contributed by atoms with Gasteiger partial charge in [-0.1, -0.05) is 72.8 Å². The van der Waals surface area contributed by atoms with Crippen molar-refractivity contribution in [3.63, 3.8) is 0 Å². The molecule has 0 bridgehead atoms. The zero-order chi connectivity index (χ0) is 28.6. The Morgan fingerprint density at radius 2 is 1.61 bits per heavy atom. The van der Waals surface area contributed by atoms with Gasteiger partial charge in [-0.3, -0.25) is 0 Å². The summed E-state index contributed by atoms with van der Waals surface area (Å²) >= 11 is 0. The topological polar surface area (TPSA) is 72.7 Å². The molecule has 208 valence electrons. The van der Waals surface area contributed by atoms with Crippen molar-refractivity contribution in [1.29, 1.82) is 5.26 Å². The van der Waals surface area contributed by atoms with Gasteiger partial charge in [0.2, 0.25) is 6.10 Å². The number of hydrogen-bond donors (Lipinski definition) is 1. The van der Waals surface area contributed by atoms with Crippen LogP contribution in [0.1, 0.15) is 45.5 Å². The van der Waals surface area contributed by atoms with Crippen molar-refractivity contribution in [3.8, 4) is 29.1 Å². The monoisotopic (exact) mass is 546 g/mol. The van der Waals surface area contributed by atoms with E-state index in [-0.39, 0.29) is 6.04 Å². The fraction of sp³-hybridized carbons (Fsp3) is 0.229. The van der Waals surface area contributed by atoms with Crippen molar-refractivity contribution >= 4 is 6.08 Å². The summed E-state index contributed by atoms with van der Waals surface area (Å²) in [5, 5.41) is 13.4. The van der Waals surface area contributed by atoms with Crippen LogP contribution >= 0.6 is 0 Å². The van der Waals surface area contributed by atoms with E-state index in [1.807, 2.05) is 67.6 Å². The number of ether oxygens (including phenoxy) is 4. The van der Waals surface area contributed by atoms with Crippen molar-refractivity contribution in [1.82, 2.24) is 5.32 Å². The Morgan fingerprint density at radius 1 is 0.902 bits per heavy atom. The molecule has 1 aliphatic heterocycles. The zero-order valence-corrected chi connectivity index (χ0v) is 23.6. The SMILES string of the molecule is COc1cc2c(cc1OCc1ccccc1)CCNC2/C=C/c1cc(OC(C#N)c2ccccc2)c(OC)cc1C. The zero-order valence-electron chi connectivity index (χ0n) is 23.6. The highest BCUT2D eigenvalue weighted by atomic mass is 16.5. The Kier molecular flexibility index (Phi) is 8.88. The lowest BCUT2D eigenvalue weighted by Gasteiger charge is -2.26. The Hall–Kier alpha value is -4.73. The maximum absolute atomic E-state index is 9.79. The average Bonchev–Trinajstić information content (AvgIpc) is 3.02. The molecule has 0 amide bonds. The number of nitriles is 1. The molecule has 6 nitrogen and oxygen atoms in total. The number of nitrogens with one attached hydrogen (secondary N) is 1. The second kappa shape index (κ2) is 13.1. The first-order valence-corrected chi connectivity index (χ1v) is 13.7. The second-order valence-electron chi connectivity index (χ2n) is 9.91. The molecule has 4 aromatic carbocycles. The van der Waals surface area contributed by atoms with Gasteiger partial charge in [0.25, 0.3) is 0 Å². The highest BCUT2D eigenvalue weighted by Gasteiger charge is 2.22. The molecule has 0 aromatic heterocycles. The van der Waals surface area contributed by atoms with E-state index in [4.69, 9.17) is 18.9 Å². The largest absolute Gasteiger partial charge is 0.493 e. The molecule has 5 rings (SSSR count). The number of hydrogen-bond acceptors (Lipinski definition) is 6. The first kappa shape index (κ1) is 27.8. The van der Waals surface area contributed by atoms with Gasteiger partial charge in [-0.2, -0.15) is 5.26 Å². The Balaban J connectivity index is 1.39. The summed E-state index contributed by atoms with van der Waals surface area (Å²) in [4.78, 5) is 0. The van der Waals surface area contributed by atoms with Gasteiger partial charge < -0.3 is 24.3 Å². The molecule has 0 spiro atoms. The molecule has 0 saturated heterocycles. The molecule has 0 fully saturated rings. The van der Waals surface area contributed by atoms with E-state index in [0.717, 1.165) is 46.5 Å². The summed E-state index contributed by atoms with van der Waals surface area (Å²) in [6, 6.07) is 29.9. The van der Waals surface area contributed by atoms with Crippen LogP contribution < -0.4 is 24.3 Å².